The summed E-state index contributed by atoms with van der Waals surface area (Å²) in [6.07, 6.45) is 3.50. The monoisotopic (exact) mass is 548 g/mol. The fourth-order valence-electron chi connectivity index (χ4n) is 5.05. The minimum Gasteiger partial charge on any atom is -0.367 e. The van der Waals surface area contributed by atoms with Crippen molar-refractivity contribution in [2.45, 2.75) is 32.7 Å². The molecule has 3 aromatic carbocycles. The van der Waals surface area contributed by atoms with Crippen molar-refractivity contribution in [1.29, 1.82) is 0 Å². The molecular weight excluding hydrogens is 515 g/mol. The third-order valence-corrected chi connectivity index (χ3v) is 7.17. The van der Waals surface area contributed by atoms with Gasteiger partial charge in [-0.3, -0.25) is 14.9 Å². The summed E-state index contributed by atoms with van der Waals surface area (Å²) in [5.41, 5.74) is 9.13. The molecule has 6 nitrogen and oxygen atoms in total. The van der Waals surface area contributed by atoms with E-state index in [2.05, 4.69) is 106 Å². The maximum atomic E-state index is 5.04. The number of hydrogen-bond acceptors (Lipinski definition) is 5. The van der Waals surface area contributed by atoms with Gasteiger partial charge in [-0.1, -0.05) is 57.2 Å². The Bertz CT molecular complexity index is 1520. The molecule has 0 aliphatic carbocycles. The van der Waals surface area contributed by atoms with E-state index < -0.39 is 0 Å². The molecule has 0 radical (unpaired) electrons. The van der Waals surface area contributed by atoms with Crippen LogP contribution in [0.4, 0.5) is 5.69 Å². The van der Waals surface area contributed by atoms with Crippen molar-refractivity contribution >= 4 is 52.6 Å². The van der Waals surface area contributed by atoms with Gasteiger partial charge in [0.1, 0.15) is 11.3 Å². The van der Waals surface area contributed by atoms with Crippen LogP contribution in [0.15, 0.2) is 73.1 Å². The van der Waals surface area contributed by atoms with Gasteiger partial charge >= 0.3 is 0 Å². The smallest absolute Gasteiger partial charge is 0.138 e. The van der Waals surface area contributed by atoms with Gasteiger partial charge < -0.3 is 9.88 Å². The number of aromatic amines is 1. The van der Waals surface area contributed by atoms with E-state index in [1.54, 1.807) is 12.4 Å². The van der Waals surface area contributed by atoms with Crippen LogP contribution in [0.25, 0.3) is 33.5 Å². The number of halogens is 2. The molecule has 0 spiro atoms. The highest BCUT2D eigenvalue weighted by molar-refractivity contribution is 5.91. The topological polar surface area (TPSA) is 60.9 Å². The molecule has 0 amide bonds. The Morgan fingerprint density at radius 2 is 1.53 bits per heavy atom. The molecule has 8 heteroatoms. The number of anilines is 1. The summed E-state index contributed by atoms with van der Waals surface area (Å²) in [7, 11) is 0. The molecule has 0 bridgehead atoms. The molecule has 1 saturated heterocycles. The molecule has 0 unspecified atom stereocenters. The molecule has 3 heterocycles. The molecule has 38 heavy (non-hydrogen) atoms. The molecule has 0 atom stereocenters. The van der Waals surface area contributed by atoms with E-state index in [0.717, 1.165) is 66.2 Å². The van der Waals surface area contributed by atoms with Gasteiger partial charge in [0, 0.05) is 50.7 Å². The number of nitrogens with one attached hydrogen (secondary N) is 1. The van der Waals surface area contributed by atoms with Crippen LogP contribution >= 0.6 is 24.8 Å². The number of fused-ring (bicyclic) bond motifs is 2. The number of piperazine rings is 1. The molecule has 2 aromatic heterocycles. The van der Waals surface area contributed by atoms with Crippen LogP contribution in [-0.2, 0) is 12.0 Å². The zero-order valence-corrected chi connectivity index (χ0v) is 23.6. The normalized spacial score (nSPS) is 14.3. The molecule has 6 rings (SSSR count). The molecule has 0 saturated carbocycles. The predicted octanol–water partition coefficient (Wildman–Crippen LogP) is 6.64. The van der Waals surface area contributed by atoms with Gasteiger partial charge in [0.2, 0.25) is 0 Å². The highest BCUT2D eigenvalue weighted by Crippen LogP contribution is 2.30. The van der Waals surface area contributed by atoms with Crippen molar-refractivity contribution in [2.24, 2.45) is 0 Å². The quantitative estimate of drug-likeness (QED) is 0.273. The van der Waals surface area contributed by atoms with E-state index in [4.69, 9.17) is 4.98 Å². The number of nitrogens with zero attached hydrogens (tertiary/aromatic N) is 5. The van der Waals surface area contributed by atoms with Crippen molar-refractivity contribution in [1.82, 2.24) is 24.8 Å². The zero-order valence-electron chi connectivity index (χ0n) is 22.0. The van der Waals surface area contributed by atoms with Crippen LogP contribution in [-0.4, -0.2) is 51.0 Å². The summed E-state index contributed by atoms with van der Waals surface area (Å²) in [5, 5.41) is 0. The number of para-hydroxylation sites is 1. The van der Waals surface area contributed by atoms with Crippen LogP contribution in [0.5, 0.6) is 0 Å². The Balaban J connectivity index is 0.00000168. The van der Waals surface area contributed by atoms with Crippen LogP contribution in [0.3, 0.4) is 0 Å². The van der Waals surface area contributed by atoms with E-state index in [0.29, 0.717) is 0 Å². The molecule has 5 aromatic rings. The lowest BCUT2D eigenvalue weighted by molar-refractivity contribution is 0.250. The molecule has 1 aliphatic heterocycles. The van der Waals surface area contributed by atoms with Crippen molar-refractivity contribution in [2.75, 3.05) is 31.1 Å². The molecule has 1 aliphatic rings. The Morgan fingerprint density at radius 3 is 2.24 bits per heavy atom. The van der Waals surface area contributed by atoms with Crippen molar-refractivity contribution in [3.8, 4) is 11.4 Å². The third kappa shape index (κ3) is 5.63. The van der Waals surface area contributed by atoms with Gasteiger partial charge in [0.05, 0.1) is 22.2 Å². The van der Waals surface area contributed by atoms with E-state index in [1.807, 2.05) is 0 Å². The number of rotatable bonds is 4. The summed E-state index contributed by atoms with van der Waals surface area (Å²) in [4.78, 5) is 22.4. The average molecular weight is 550 g/mol. The minimum atomic E-state index is 0. The number of imidazole rings is 1. The summed E-state index contributed by atoms with van der Waals surface area (Å²) in [6.45, 7) is 11.6. The van der Waals surface area contributed by atoms with Crippen LogP contribution < -0.4 is 4.90 Å². The van der Waals surface area contributed by atoms with Gasteiger partial charge in [-0.25, -0.2) is 4.98 Å². The summed E-state index contributed by atoms with van der Waals surface area (Å²) in [5.74, 6) is 0.927. The summed E-state index contributed by atoms with van der Waals surface area (Å²) >= 11 is 0. The fraction of sp³-hybridized carbons (Fsp3) is 0.300. The first kappa shape index (κ1) is 27.8. The second kappa shape index (κ2) is 11.3. The third-order valence-electron chi connectivity index (χ3n) is 7.17. The van der Waals surface area contributed by atoms with Crippen molar-refractivity contribution in [3.05, 3.63) is 84.2 Å². The van der Waals surface area contributed by atoms with E-state index in [-0.39, 0.29) is 30.2 Å². The number of hydrogen-bond donors (Lipinski definition) is 1. The average Bonchev–Trinajstić information content (AvgIpc) is 3.33. The Hall–Kier alpha value is -3.19. The van der Waals surface area contributed by atoms with Crippen LogP contribution in [0.2, 0.25) is 0 Å². The molecule has 1 fully saturated rings. The van der Waals surface area contributed by atoms with E-state index in [9.17, 15) is 0 Å². The summed E-state index contributed by atoms with van der Waals surface area (Å²) < 4.78 is 0. The summed E-state index contributed by atoms with van der Waals surface area (Å²) in [6, 6.07) is 21.6. The van der Waals surface area contributed by atoms with Crippen molar-refractivity contribution < 1.29 is 0 Å². The number of benzene rings is 3. The maximum Gasteiger partial charge on any atom is 0.138 e. The van der Waals surface area contributed by atoms with Crippen LogP contribution in [0.1, 0.15) is 31.9 Å². The van der Waals surface area contributed by atoms with Gasteiger partial charge in [-0.15, -0.1) is 24.8 Å². The fourth-order valence-corrected chi connectivity index (χ4v) is 5.05. The minimum absolute atomic E-state index is 0. The largest absolute Gasteiger partial charge is 0.367 e. The maximum absolute atomic E-state index is 5.04. The highest BCUT2D eigenvalue weighted by atomic mass is 35.5. The van der Waals surface area contributed by atoms with Gasteiger partial charge in [-0.2, -0.15) is 0 Å². The van der Waals surface area contributed by atoms with Gasteiger partial charge in [-0.05, 0) is 40.8 Å². The molecular formula is C30H34Cl2N6. The predicted molar refractivity (Wildman–Crippen MR) is 162 cm³/mol. The standard InChI is InChI=1S/C30H32N6.2ClH/c1-30(2,3)23-10-8-22(9-11-23)29-33-25-5-4-6-27(28(25)34-29)36-17-15-35(16-18-36)20-21-7-12-24-26(19-21)32-14-13-31-24;;/h4-14,19H,15-18,20H2,1-3H3,(H,33,34);2*1H. The van der Waals surface area contributed by atoms with E-state index in [1.165, 1.54) is 16.8 Å². The molecule has 198 valence electrons. The first-order valence-electron chi connectivity index (χ1n) is 12.7. The second-order valence-electron chi connectivity index (χ2n) is 10.7. The Kier molecular flexibility index (Phi) is 8.26. The number of aromatic nitrogens is 4. The highest BCUT2D eigenvalue weighted by Gasteiger charge is 2.21. The van der Waals surface area contributed by atoms with Gasteiger partial charge in [0.25, 0.3) is 0 Å². The second-order valence-corrected chi connectivity index (χ2v) is 10.7. The van der Waals surface area contributed by atoms with Gasteiger partial charge in [0.15, 0.2) is 0 Å². The zero-order chi connectivity index (χ0) is 24.7. The lowest BCUT2D eigenvalue weighted by Gasteiger charge is -2.36. The lowest BCUT2D eigenvalue weighted by atomic mass is 9.87. The lowest BCUT2D eigenvalue weighted by Crippen LogP contribution is -2.46. The van der Waals surface area contributed by atoms with Crippen molar-refractivity contribution in [3.63, 3.8) is 0 Å². The first-order chi connectivity index (χ1) is 17.4. The first-order valence-corrected chi connectivity index (χ1v) is 12.7. The SMILES string of the molecule is CC(C)(C)c1ccc(-c2nc3c(N4CCN(Cc5ccc6nccnc6c5)CC4)cccc3[nH]2)cc1.Cl.Cl. The number of H-pyrrole nitrogens is 1. The molecule has 1 N–H and O–H groups in total. The van der Waals surface area contributed by atoms with E-state index >= 15 is 0 Å². The van der Waals surface area contributed by atoms with Crippen LogP contribution in [0, 0.1) is 0 Å². The Labute approximate surface area is 236 Å². The Morgan fingerprint density at radius 1 is 0.816 bits per heavy atom.